The van der Waals surface area contributed by atoms with Gasteiger partial charge in [-0.1, -0.05) is 0 Å². The normalized spacial score (nSPS) is 34.1. The fourth-order valence-electron chi connectivity index (χ4n) is 1.87. The molecule has 2 atom stereocenters. The second kappa shape index (κ2) is 3.05. The van der Waals surface area contributed by atoms with E-state index in [-0.39, 0.29) is 11.9 Å². The molecule has 0 aromatic carbocycles. The number of rotatable bonds is 3. The molecule has 1 aliphatic carbocycles. The minimum absolute atomic E-state index is 0.0226. The zero-order valence-corrected chi connectivity index (χ0v) is 7.38. The Kier molecular flexibility index (Phi) is 2.05. The highest BCUT2D eigenvalue weighted by Crippen LogP contribution is 2.46. The van der Waals surface area contributed by atoms with Crippen molar-refractivity contribution in [3.8, 4) is 0 Å². The molecular formula is C9H15NO2. The summed E-state index contributed by atoms with van der Waals surface area (Å²) in [4.78, 5) is 11.2. The zero-order valence-electron chi connectivity index (χ0n) is 7.38. The molecule has 3 nitrogen and oxygen atoms in total. The van der Waals surface area contributed by atoms with Crippen molar-refractivity contribution in [3.63, 3.8) is 0 Å². The van der Waals surface area contributed by atoms with Crippen LogP contribution in [-0.4, -0.2) is 25.7 Å². The van der Waals surface area contributed by atoms with Gasteiger partial charge in [-0.2, -0.15) is 0 Å². The fraction of sp³-hybridized carbons (Fsp3) is 0.889. The average Bonchev–Trinajstić information content (AvgIpc) is 2.64. The van der Waals surface area contributed by atoms with Crippen molar-refractivity contribution < 1.29 is 9.53 Å². The van der Waals surface area contributed by atoms with Crippen molar-refractivity contribution in [1.82, 2.24) is 5.32 Å². The van der Waals surface area contributed by atoms with E-state index in [1.807, 2.05) is 6.92 Å². The van der Waals surface area contributed by atoms with E-state index >= 15 is 0 Å². The lowest BCUT2D eigenvalue weighted by atomic mass is 9.96. The van der Waals surface area contributed by atoms with E-state index in [0.29, 0.717) is 12.5 Å². The maximum Gasteiger partial charge on any atom is 0.309 e. The molecule has 1 saturated carbocycles. The molecule has 2 fully saturated rings. The summed E-state index contributed by atoms with van der Waals surface area (Å²) in [5.41, 5.74) is 0. The maximum atomic E-state index is 11.2. The van der Waals surface area contributed by atoms with Gasteiger partial charge in [0.1, 0.15) is 0 Å². The summed E-state index contributed by atoms with van der Waals surface area (Å²) in [6.45, 7) is 4.58. The molecule has 2 aliphatic rings. The number of carbonyl (C=O) groups is 1. The first-order chi connectivity index (χ1) is 5.83. The predicted octanol–water partition coefficient (Wildman–Crippen LogP) is 0.405. The lowest BCUT2D eigenvalue weighted by molar-refractivity contribution is -0.145. The van der Waals surface area contributed by atoms with Gasteiger partial charge >= 0.3 is 5.97 Å². The number of carbonyl (C=O) groups excluding carboxylic acids is 1. The summed E-state index contributed by atoms with van der Waals surface area (Å²) < 4.78 is 4.96. The van der Waals surface area contributed by atoms with Crippen LogP contribution in [0.4, 0.5) is 0 Å². The van der Waals surface area contributed by atoms with Crippen LogP contribution in [-0.2, 0) is 9.53 Å². The molecule has 0 radical (unpaired) electrons. The third kappa shape index (κ3) is 1.33. The summed E-state index contributed by atoms with van der Waals surface area (Å²) in [5.74, 6) is 1.64. The van der Waals surface area contributed by atoms with Crippen LogP contribution in [0.2, 0.25) is 0 Å². The largest absolute Gasteiger partial charge is 0.466 e. The molecule has 0 amide bonds. The van der Waals surface area contributed by atoms with Crippen molar-refractivity contribution in [2.24, 2.45) is 17.8 Å². The molecule has 0 unspecified atom stereocenters. The van der Waals surface area contributed by atoms with Gasteiger partial charge in [-0.05, 0) is 38.3 Å². The van der Waals surface area contributed by atoms with Crippen LogP contribution >= 0.6 is 0 Å². The van der Waals surface area contributed by atoms with Gasteiger partial charge < -0.3 is 10.1 Å². The highest BCUT2D eigenvalue weighted by Gasteiger charge is 2.49. The first kappa shape index (κ1) is 8.05. The van der Waals surface area contributed by atoms with Crippen molar-refractivity contribution in [2.75, 3.05) is 19.7 Å². The van der Waals surface area contributed by atoms with Crippen LogP contribution < -0.4 is 5.32 Å². The number of hydrogen-bond acceptors (Lipinski definition) is 3. The second-order valence-corrected chi connectivity index (χ2v) is 3.68. The monoisotopic (exact) mass is 169 g/mol. The van der Waals surface area contributed by atoms with E-state index in [4.69, 9.17) is 4.74 Å². The molecule has 1 N–H and O–H groups in total. The zero-order chi connectivity index (χ0) is 8.55. The summed E-state index contributed by atoms with van der Waals surface area (Å²) in [7, 11) is 0. The number of hydrogen-bond donors (Lipinski definition) is 1. The van der Waals surface area contributed by atoms with Gasteiger partial charge in [-0.3, -0.25) is 4.79 Å². The van der Waals surface area contributed by atoms with Crippen LogP contribution in [0.3, 0.4) is 0 Å². The van der Waals surface area contributed by atoms with Crippen molar-refractivity contribution >= 4 is 5.97 Å². The van der Waals surface area contributed by atoms with Crippen LogP contribution in [0.15, 0.2) is 0 Å². The van der Waals surface area contributed by atoms with Gasteiger partial charge in [0.05, 0.1) is 12.5 Å². The Morgan fingerprint density at radius 3 is 2.83 bits per heavy atom. The number of esters is 1. The first-order valence-electron chi connectivity index (χ1n) is 4.70. The molecule has 0 aromatic rings. The molecular weight excluding hydrogens is 154 g/mol. The molecule has 3 heteroatoms. The van der Waals surface area contributed by atoms with Gasteiger partial charge in [-0.25, -0.2) is 0 Å². The van der Waals surface area contributed by atoms with Gasteiger partial charge in [0.2, 0.25) is 0 Å². The highest BCUT2D eigenvalue weighted by molar-refractivity contribution is 5.75. The lowest BCUT2D eigenvalue weighted by Crippen LogP contribution is -2.43. The minimum atomic E-state index is 0.0226. The van der Waals surface area contributed by atoms with Gasteiger partial charge in [-0.15, -0.1) is 0 Å². The third-order valence-corrected chi connectivity index (χ3v) is 2.85. The minimum Gasteiger partial charge on any atom is -0.466 e. The first-order valence-corrected chi connectivity index (χ1v) is 4.70. The van der Waals surface area contributed by atoms with E-state index in [1.54, 1.807) is 0 Å². The van der Waals surface area contributed by atoms with Crippen molar-refractivity contribution in [3.05, 3.63) is 0 Å². The molecule has 0 spiro atoms. The van der Waals surface area contributed by atoms with Crippen LogP contribution in [0.1, 0.15) is 13.3 Å². The van der Waals surface area contributed by atoms with Crippen LogP contribution in [0, 0.1) is 17.8 Å². The van der Waals surface area contributed by atoms with E-state index in [2.05, 4.69) is 5.32 Å². The standard InChI is InChI=1S/C9H15NO2/c1-2-12-9(11)8-3-7(8)6-4-10-5-6/h6-8,10H,2-5H2,1H3/t7-,8+/m0/s1. The highest BCUT2D eigenvalue weighted by atomic mass is 16.5. The number of ether oxygens (including phenoxy) is 1. The van der Waals surface area contributed by atoms with Crippen LogP contribution in [0.25, 0.3) is 0 Å². The third-order valence-electron chi connectivity index (χ3n) is 2.85. The Morgan fingerprint density at radius 1 is 1.58 bits per heavy atom. The van der Waals surface area contributed by atoms with Crippen LogP contribution in [0.5, 0.6) is 0 Å². The molecule has 1 saturated heterocycles. The quantitative estimate of drug-likeness (QED) is 0.622. The molecule has 68 valence electrons. The maximum absolute atomic E-state index is 11.2. The van der Waals surface area contributed by atoms with Gasteiger partial charge in [0, 0.05) is 0 Å². The molecule has 1 aliphatic heterocycles. The van der Waals surface area contributed by atoms with E-state index in [0.717, 1.165) is 25.4 Å². The Labute approximate surface area is 72.5 Å². The summed E-state index contributed by atoms with van der Waals surface area (Å²) >= 11 is 0. The molecule has 12 heavy (non-hydrogen) atoms. The van der Waals surface area contributed by atoms with Gasteiger partial charge in [0.15, 0.2) is 0 Å². The molecule has 0 aromatic heterocycles. The Bertz CT molecular complexity index is 189. The number of nitrogens with one attached hydrogen (secondary N) is 1. The Balaban J connectivity index is 1.75. The second-order valence-electron chi connectivity index (χ2n) is 3.68. The summed E-state index contributed by atoms with van der Waals surface area (Å²) in [5, 5.41) is 3.22. The fourth-order valence-corrected chi connectivity index (χ4v) is 1.87. The van der Waals surface area contributed by atoms with Crippen molar-refractivity contribution in [2.45, 2.75) is 13.3 Å². The molecule has 0 bridgehead atoms. The Hall–Kier alpha value is -0.570. The average molecular weight is 169 g/mol. The van der Waals surface area contributed by atoms with E-state index < -0.39 is 0 Å². The lowest BCUT2D eigenvalue weighted by Gasteiger charge is -2.27. The smallest absolute Gasteiger partial charge is 0.309 e. The van der Waals surface area contributed by atoms with Gasteiger partial charge in [0.25, 0.3) is 0 Å². The van der Waals surface area contributed by atoms with E-state index in [1.165, 1.54) is 0 Å². The topological polar surface area (TPSA) is 38.3 Å². The predicted molar refractivity (Wildman–Crippen MR) is 44.6 cm³/mol. The molecule has 1 heterocycles. The Morgan fingerprint density at radius 2 is 2.33 bits per heavy atom. The summed E-state index contributed by atoms with van der Waals surface area (Å²) in [6.07, 6.45) is 1.06. The van der Waals surface area contributed by atoms with Crippen molar-refractivity contribution in [1.29, 1.82) is 0 Å². The summed E-state index contributed by atoms with van der Waals surface area (Å²) in [6, 6.07) is 0. The van der Waals surface area contributed by atoms with E-state index in [9.17, 15) is 4.79 Å². The molecule has 2 rings (SSSR count). The SMILES string of the molecule is CCOC(=O)[C@@H]1C[C@H]1C1CNC1.